The maximum atomic E-state index is 13.6. The van der Waals surface area contributed by atoms with Gasteiger partial charge in [-0.2, -0.15) is 13.2 Å². The van der Waals surface area contributed by atoms with Gasteiger partial charge in [-0.05, 0) is 75.9 Å². The second-order valence-electron chi connectivity index (χ2n) is 10.3. The van der Waals surface area contributed by atoms with Crippen LogP contribution in [0.3, 0.4) is 0 Å². The van der Waals surface area contributed by atoms with E-state index in [2.05, 4.69) is 34.1 Å². The SMILES string of the molecule is C=C(c1nc(/C=C/CNC(=O)C2CC2)cc2c(NC3CC34CCN(C)CC4)cccc12)C(F)(F)F. The zero-order valence-corrected chi connectivity index (χ0v) is 19.9. The number of anilines is 1. The van der Waals surface area contributed by atoms with Gasteiger partial charge in [-0.15, -0.1) is 0 Å². The molecule has 1 atom stereocenters. The summed E-state index contributed by atoms with van der Waals surface area (Å²) in [6.45, 7) is 5.76. The molecule has 2 N–H and O–H groups in total. The van der Waals surface area contributed by atoms with Crippen LogP contribution in [0.5, 0.6) is 0 Å². The molecule has 1 saturated heterocycles. The van der Waals surface area contributed by atoms with Crippen LogP contribution in [0.15, 0.2) is 36.9 Å². The summed E-state index contributed by atoms with van der Waals surface area (Å²) in [4.78, 5) is 18.5. The first-order valence-corrected chi connectivity index (χ1v) is 12.3. The van der Waals surface area contributed by atoms with E-state index in [0.717, 1.165) is 50.9 Å². The van der Waals surface area contributed by atoms with Gasteiger partial charge in [-0.25, -0.2) is 4.98 Å². The summed E-state index contributed by atoms with van der Waals surface area (Å²) in [6.07, 6.45) is 3.97. The van der Waals surface area contributed by atoms with Crippen molar-refractivity contribution >= 4 is 34.0 Å². The lowest BCUT2D eigenvalue weighted by molar-refractivity contribution is -0.122. The van der Waals surface area contributed by atoms with Gasteiger partial charge in [0.25, 0.3) is 0 Å². The fourth-order valence-corrected chi connectivity index (χ4v) is 5.06. The molecule has 2 aromatic rings. The van der Waals surface area contributed by atoms with Gasteiger partial charge >= 0.3 is 6.18 Å². The Hall–Kier alpha value is -2.87. The predicted octanol–water partition coefficient (Wildman–Crippen LogP) is 5.25. The average Bonchev–Trinajstić information content (AvgIpc) is 3.75. The molecule has 1 spiro atoms. The Labute approximate surface area is 203 Å². The number of carbonyl (C=O) groups is 1. The Morgan fingerprint density at radius 1 is 1.26 bits per heavy atom. The molecule has 1 amide bonds. The lowest BCUT2D eigenvalue weighted by atomic mass is 9.93. The third-order valence-electron chi connectivity index (χ3n) is 7.66. The Bertz CT molecular complexity index is 1180. The Balaban J connectivity index is 1.43. The molecular weight excluding hydrogens is 453 g/mol. The van der Waals surface area contributed by atoms with Gasteiger partial charge < -0.3 is 15.5 Å². The maximum Gasteiger partial charge on any atom is 0.417 e. The second-order valence-corrected chi connectivity index (χ2v) is 10.3. The number of nitrogens with one attached hydrogen (secondary N) is 2. The van der Waals surface area contributed by atoms with Crippen molar-refractivity contribution in [3.63, 3.8) is 0 Å². The van der Waals surface area contributed by atoms with Crippen LogP contribution >= 0.6 is 0 Å². The van der Waals surface area contributed by atoms with Crippen molar-refractivity contribution in [1.82, 2.24) is 15.2 Å². The molecule has 0 bridgehead atoms. The monoisotopic (exact) mass is 484 g/mol. The molecule has 2 saturated carbocycles. The summed E-state index contributed by atoms with van der Waals surface area (Å²) in [5.41, 5.74) is 0.374. The molecular formula is C27H31F3N4O. The number of allylic oxidation sites excluding steroid dienone is 1. The first kappa shape index (κ1) is 23.9. The highest BCUT2D eigenvalue weighted by molar-refractivity contribution is 6.01. The van der Waals surface area contributed by atoms with Gasteiger partial charge in [-0.1, -0.05) is 24.8 Å². The number of piperidine rings is 1. The summed E-state index contributed by atoms with van der Waals surface area (Å²) in [7, 11) is 2.14. The smallest absolute Gasteiger partial charge is 0.381 e. The number of amides is 1. The summed E-state index contributed by atoms with van der Waals surface area (Å²) in [6, 6.07) is 7.49. The van der Waals surface area contributed by atoms with E-state index in [1.165, 1.54) is 0 Å². The number of hydrogen-bond donors (Lipinski definition) is 2. The molecule has 186 valence electrons. The van der Waals surface area contributed by atoms with Crippen molar-refractivity contribution in [2.45, 2.75) is 44.3 Å². The lowest BCUT2D eigenvalue weighted by Crippen LogP contribution is -2.33. The Morgan fingerprint density at radius 3 is 2.69 bits per heavy atom. The van der Waals surface area contributed by atoms with E-state index in [1.807, 2.05) is 12.1 Å². The molecule has 1 aromatic heterocycles. The molecule has 2 aliphatic carbocycles. The van der Waals surface area contributed by atoms with Crippen LogP contribution in [0.2, 0.25) is 0 Å². The molecule has 0 radical (unpaired) electrons. The number of nitrogens with zero attached hydrogens (tertiary/aromatic N) is 2. The van der Waals surface area contributed by atoms with E-state index in [9.17, 15) is 18.0 Å². The van der Waals surface area contributed by atoms with Crippen LogP contribution < -0.4 is 10.6 Å². The number of alkyl halides is 3. The third kappa shape index (κ3) is 5.08. The van der Waals surface area contributed by atoms with Crippen LogP contribution in [-0.2, 0) is 4.79 Å². The number of hydrogen-bond acceptors (Lipinski definition) is 4. The first-order valence-electron chi connectivity index (χ1n) is 12.3. The van der Waals surface area contributed by atoms with Crippen molar-refractivity contribution in [2.24, 2.45) is 11.3 Å². The summed E-state index contributed by atoms with van der Waals surface area (Å²) in [5.74, 6) is 0.124. The summed E-state index contributed by atoms with van der Waals surface area (Å²) < 4.78 is 40.9. The van der Waals surface area contributed by atoms with Crippen molar-refractivity contribution in [3.8, 4) is 0 Å². The summed E-state index contributed by atoms with van der Waals surface area (Å²) >= 11 is 0. The van der Waals surface area contributed by atoms with Crippen molar-refractivity contribution < 1.29 is 18.0 Å². The third-order valence-corrected chi connectivity index (χ3v) is 7.66. The summed E-state index contributed by atoms with van der Waals surface area (Å²) in [5, 5.41) is 7.58. The molecule has 3 fully saturated rings. The normalized spacial score (nSPS) is 22.0. The first-order chi connectivity index (χ1) is 16.7. The molecule has 5 nitrogen and oxygen atoms in total. The highest BCUT2D eigenvalue weighted by atomic mass is 19.4. The maximum absolute atomic E-state index is 13.6. The molecule has 35 heavy (non-hydrogen) atoms. The molecule has 1 aliphatic heterocycles. The van der Waals surface area contributed by atoms with Gasteiger partial charge in [0, 0.05) is 35.0 Å². The van der Waals surface area contributed by atoms with Crippen LogP contribution in [0.1, 0.15) is 43.5 Å². The minimum atomic E-state index is -4.58. The zero-order chi connectivity index (χ0) is 24.8. The van der Waals surface area contributed by atoms with E-state index in [4.69, 9.17) is 0 Å². The molecule has 1 unspecified atom stereocenters. The standard InChI is InChI=1S/C27H31F3N4O/c1-17(27(28,29)30)24-20-6-3-7-22(33-23-16-26(23)10-13-34(2)14-11-26)21(20)15-19(32-24)5-4-12-31-25(35)18-8-9-18/h3-7,15,18,23,33H,1,8-14,16H2,2H3,(H,31,35)/b5-4+. The predicted molar refractivity (Wildman–Crippen MR) is 133 cm³/mol. The number of carbonyl (C=O) groups excluding carboxylic acids is 1. The van der Waals surface area contributed by atoms with Crippen LogP contribution in [0.25, 0.3) is 22.4 Å². The van der Waals surface area contributed by atoms with E-state index in [1.54, 1.807) is 24.3 Å². The van der Waals surface area contributed by atoms with Gasteiger partial charge in [0.05, 0.1) is 17.0 Å². The number of pyridine rings is 1. The lowest BCUT2D eigenvalue weighted by Gasteiger charge is -2.30. The van der Waals surface area contributed by atoms with Crippen molar-refractivity contribution in [1.29, 1.82) is 0 Å². The quantitative estimate of drug-likeness (QED) is 0.564. The van der Waals surface area contributed by atoms with Gasteiger partial charge in [-0.3, -0.25) is 4.79 Å². The van der Waals surface area contributed by atoms with Crippen LogP contribution in [0.4, 0.5) is 18.9 Å². The van der Waals surface area contributed by atoms with Crippen molar-refractivity contribution in [2.75, 3.05) is 32.0 Å². The van der Waals surface area contributed by atoms with Gasteiger partial charge in [0.2, 0.25) is 5.91 Å². The number of halogens is 3. The molecule has 8 heteroatoms. The largest absolute Gasteiger partial charge is 0.417 e. The van der Waals surface area contributed by atoms with E-state index < -0.39 is 11.7 Å². The zero-order valence-electron chi connectivity index (χ0n) is 19.9. The highest BCUT2D eigenvalue weighted by Gasteiger charge is 2.54. The van der Waals surface area contributed by atoms with E-state index in [-0.39, 0.29) is 22.9 Å². The molecule has 5 rings (SSSR count). The number of rotatable bonds is 7. The Kier molecular flexibility index (Phi) is 6.11. The van der Waals surface area contributed by atoms with Gasteiger partial charge in [0.15, 0.2) is 0 Å². The van der Waals surface area contributed by atoms with E-state index >= 15 is 0 Å². The minimum Gasteiger partial charge on any atom is -0.381 e. The number of fused-ring (bicyclic) bond motifs is 1. The fourth-order valence-electron chi connectivity index (χ4n) is 5.06. The molecule has 1 aromatic carbocycles. The fraction of sp³-hybridized carbons (Fsp3) is 0.481. The van der Waals surface area contributed by atoms with Gasteiger partial charge in [0.1, 0.15) is 0 Å². The topological polar surface area (TPSA) is 57.3 Å². The van der Waals surface area contributed by atoms with Crippen molar-refractivity contribution in [3.05, 3.63) is 48.3 Å². The molecule has 3 aliphatic rings. The van der Waals surface area contributed by atoms with Crippen LogP contribution in [0, 0.1) is 11.3 Å². The average molecular weight is 485 g/mol. The number of benzene rings is 1. The highest BCUT2D eigenvalue weighted by Crippen LogP contribution is 2.55. The van der Waals surface area contributed by atoms with E-state index in [0.29, 0.717) is 29.1 Å². The number of likely N-dealkylation sites (tertiary alicyclic amines) is 1. The van der Waals surface area contributed by atoms with Crippen LogP contribution in [-0.4, -0.2) is 54.7 Å². The Morgan fingerprint density at radius 2 is 2.00 bits per heavy atom. The molecule has 2 heterocycles. The second kappa shape index (κ2) is 8.97. The number of aromatic nitrogens is 1. The minimum absolute atomic E-state index is 0.0195.